The lowest BCUT2D eigenvalue weighted by atomic mass is 10.5. The molecule has 0 saturated heterocycles. The number of aromatic amines is 1. The first-order chi connectivity index (χ1) is 7.63. The normalized spacial score (nSPS) is 10.3. The number of aryl methyl sites for hydroxylation is 1. The SMILES string of the molecule is Cc1nc(Nc2cnn(CC(=O)O)c2)n[nH]1. The van der Waals surface area contributed by atoms with E-state index < -0.39 is 5.97 Å². The summed E-state index contributed by atoms with van der Waals surface area (Å²) in [6.07, 6.45) is 3.08. The van der Waals surface area contributed by atoms with Gasteiger partial charge >= 0.3 is 5.97 Å². The molecule has 0 saturated carbocycles. The molecule has 8 nitrogen and oxygen atoms in total. The highest BCUT2D eigenvalue weighted by molar-refractivity contribution is 5.66. The Morgan fingerprint density at radius 2 is 2.50 bits per heavy atom. The van der Waals surface area contributed by atoms with Crippen molar-refractivity contribution in [2.45, 2.75) is 13.5 Å². The molecule has 8 heteroatoms. The maximum Gasteiger partial charge on any atom is 0.325 e. The van der Waals surface area contributed by atoms with Crippen LogP contribution in [0.5, 0.6) is 0 Å². The molecule has 0 spiro atoms. The van der Waals surface area contributed by atoms with Crippen molar-refractivity contribution in [3.8, 4) is 0 Å². The minimum atomic E-state index is -0.941. The number of aromatic nitrogens is 5. The van der Waals surface area contributed by atoms with E-state index in [-0.39, 0.29) is 6.54 Å². The Labute approximate surface area is 90.3 Å². The Hall–Kier alpha value is -2.38. The predicted octanol–water partition coefficient (Wildman–Crippen LogP) is 0.138. The summed E-state index contributed by atoms with van der Waals surface area (Å²) in [6.45, 7) is 1.61. The Morgan fingerprint density at radius 3 is 3.12 bits per heavy atom. The second kappa shape index (κ2) is 4.01. The van der Waals surface area contributed by atoms with Crippen molar-refractivity contribution < 1.29 is 9.90 Å². The number of anilines is 2. The topological polar surface area (TPSA) is 109 Å². The van der Waals surface area contributed by atoms with Crippen LogP contribution in [0.25, 0.3) is 0 Å². The molecule has 0 aliphatic heterocycles. The fourth-order valence-electron chi connectivity index (χ4n) is 1.18. The molecule has 0 bridgehead atoms. The van der Waals surface area contributed by atoms with E-state index in [0.717, 1.165) is 0 Å². The van der Waals surface area contributed by atoms with Crippen molar-refractivity contribution in [1.29, 1.82) is 0 Å². The molecule has 2 aromatic rings. The first-order valence-electron chi connectivity index (χ1n) is 4.54. The van der Waals surface area contributed by atoms with Gasteiger partial charge in [0.05, 0.1) is 11.9 Å². The van der Waals surface area contributed by atoms with Crippen LogP contribution in [0.15, 0.2) is 12.4 Å². The van der Waals surface area contributed by atoms with Crippen molar-refractivity contribution in [3.63, 3.8) is 0 Å². The average molecular weight is 222 g/mol. The van der Waals surface area contributed by atoms with Gasteiger partial charge in [-0.25, -0.2) is 0 Å². The summed E-state index contributed by atoms with van der Waals surface area (Å²) >= 11 is 0. The van der Waals surface area contributed by atoms with E-state index in [9.17, 15) is 4.79 Å². The molecule has 0 atom stereocenters. The van der Waals surface area contributed by atoms with Gasteiger partial charge in [0, 0.05) is 6.20 Å². The van der Waals surface area contributed by atoms with Crippen molar-refractivity contribution in [1.82, 2.24) is 25.0 Å². The van der Waals surface area contributed by atoms with Crippen LogP contribution >= 0.6 is 0 Å². The predicted molar refractivity (Wildman–Crippen MR) is 54.3 cm³/mol. The van der Waals surface area contributed by atoms with Gasteiger partial charge in [0.15, 0.2) is 0 Å². The van der Waals surface area contributed by atoms with Crippen LogP contribution in [-0.2, 0) is 11.3 Å². The third-order valence-electron chi connectivity index (χ3n) is 1.78. The number of hydrogen-bond donors (Lipinski definition) is 3. The van der Waals surface area contributed by atoms with E-state index in [1.807, 2.05) is 0 Å². The maximum atomic E-state index is 10.4. The van der Waals surface area contributed by atoms with E-state index in [2.05, 4.69) is 25.6 Å². The molecule has 0 unspecified atom stereocenters. The van der Waals surface area contributed by atoms with E-state index in [0.29, 0.717) is 17.5 Å². The molecule has 0 aliphatic rings. The van der Waals surface area contributed by atoms with E-state index >= 15 is 0 Å². The smallest absolute Gasteiger partial charge is 0.325 e. The summed E-state index contributed by atoms with van der Waals surface area (Å²) in [5.41, 5.74) is 0.639. The lowest BCUT2D eigenvalue weighted by Gasteiger charge is -1.95. The zero-order chi connectivity index (χ0) is 11.5. The molecule has 2 aromatic heterocycles. The van der Waals surface area contributed by atoms with Gasteiger partial charge in [-0.05, 0) is 6.92 Å². The zero-order valence-electron chi connectivity index (χ0n) is 8.51. The van der Waals surface area contributed by atoms with Gasteiger partial charge in [0.1, 0.15) is 12.4 Å². The standard InChI is InChI=1S/C8H10N6O2/c1-5-10-8(13-12-5)11-6-2-9-14(3-6)4-7(15)16/h2-3H,4H2,1H3,(H,15,16)(H2,10,11,12,13). The monoisotopic (exact) mass is 222 g/mol. The highest BCUT2D eigenvalue weighted by atomic mass is 16.4. The van der Waals surface area contributed by atoms with Crippen molar-refractivity contribution >= 4 is 17.6 Å². The molecule has 2 heterocycles. The van der Waals surface area contributed by atoms with Crippen LogP contribution in [0.3, 0.4) is 0 Å². The molecule has 0 fully saturated rings. The fourth-order valence-corrected chi connectivity index (χ4v) is 1.18. The first kappa shape index (κ1) is 10.1. The van der Waals surface area contributed by atoms with Crippen molar-refractivity contribution in [2.24, 2.45) is 0 Å². The highest BCUT2D eigenvalue weighted by Crippen LogP contribution is 2.10. The van der Waals surface area contributed by atoms with E-state index in [4.69, 9.17) is 5.11 Å². The maximum absolute atomic E-state index is 10.4. The quantitative estimate of drug-likeness (QED) is 0.678. The van der Waals surface area contributed by atoms with Gasteiger partial charge in [0.25, 0.3) is 0 Å². The van der Waals surface area contributed by atoms with Crippen LogP contribution in [0, 0.1) is 6.92 Å². The van der Waals surface area contributed by atoms with Crippen LogP contribution in [0.4, 0.5) is 11.6 Å². The molecule has 16 heavy (non-hydrogen) atoms. The summed E-state index contributed by atoms with van der Waals surface area (Å²) in [4.78, 5) is 14.5. The van der Waals surface area contributed by atoms with Gasteiger partial charge in [-0.15, -0.1) is 5.10 Å². The Bertz CT molecular complexity index is 502. The molecule has 0 radical (unpaired) electrons. The number of aliphatic carboxylic acids is 1. The van der Waals surface area contributed by atoms with Crippen LogP contribution < -0.4 is 5.32 Å². The summed E-state index contributed by atoms with van der Waals surface area (Å²) in [7, 11) is 0. The largest absolute Gasteiger partial charge is 0.480 e. The number of hydrogen-bond acceptors (Lipinski definition) is 5. The fraction of sp³-hybridized carbons (Fsp3) is 0.250. The third-order valence-corrected chi connectivity index (χ3v) is 1.78. The first-order valence-corrected chi connectivity index (χ1v) is 4.54. The number of carboxylic acid groups (broad SMARTS) is 1. The van der Waals surface area contributed by atoms with Gasteiger partial charge in [-0.3, -0.25) is 14.6 Å². The molecule has 0 aliphatic carbocycles. The lowest BCUT2D eigenvalue weighted by Crippen LogP contribution is -2.08. The Morgan fingerprint density at radius 1 is 1.69 bits per heavy atom. The Balaban J connectivity index is 2.05. The molecular formula is C8H10N6O2. The highest BCUT2D eigenvalue weighted by Gasteiger charge is 2.04. The minimum absolute atomic E-state index is 0.172. The van der Waals surface area contributed by atoms with Crippen molar-refractivity contribution in [3.05, 3.63) is 18.2 Å². The van der Waals surface area contributed by atoms with E-state index in [1.165, 1.54) is 10.9 Å². The number of H-pyrrole nitrogens is 1. The second-order valence-electron chi connectivity index (χ2n) is 3.19. The molecule has 0 amide bonds. The van der Waals surface area contributed by atoms with Crippen molar-refractivity contribution in [2.75, 3.05) is 5.32 Å². The number of nitrogens with zero attached hydrogens (tertiary/aromatic N) is 4. The number of carbonyl (C=O) groups is 1. The summed E-state index contributed by atoms with van der Waals surface area (Å²) in [5.74, 6) is 0.177. The lowest BCUT2D eigenvalue weighted by molar-refractivity contribution is -0.137. The van der Waals surface area contributed by atoms with Gasteiger partial charge in [-0.1, -0.05) is 0 Å². The van der Waals surface area contributed by atoms with Gasteiger partial charge in [-0.2, -0.15) is 10.1 Å². The molecule has 3 N–H and O–H groups in total. The second-order valence-corrected chi connectivity index (χ2v) is 3.19. The number of nitrogens with one attached hydrogen (secondary N) is 2. The van der Waals surface area contributed by atoms with Crippen LogP contribution in [0.2, 0.25) is 0 Å². The van der Waals surface area contributed by atoms with Crippen LogP contribution in [0.1, 0.15) is 5.82 Å². The number of carboxylic acids is 1. The summed E-state index contributed by atoms with van der Waals surface area (Å²) in [5, 5.41) is 21.9. The zero-order valence-corrected chi connectivity index (χ0v) is 8.51. The van der Waals surface area contributed by atoms with Gasteiger partial charge < -0.3 is 10.4 Å². The molecule has 2 rings (SSSR count). The third kappa shape index (κ3) is 2.35. The minimum Gasteiger partial charge on any atom is -0.480 e. The molecular weight excluding hydrogens is 212 g/mol. The summed E-state index contributed by atoms with van der Waals surface area (Å²) in [6, 6.07) is 0. The van der Waals surface area contributed by atoms with Crippen LogP contribution in [-0.4, -0.2) is 36.0 Å². The van der Waals surface area contributed by atoms with E-state index in [1.54, 1.807) is 13.1 Å². The average Bonchev–Trinajstić information content (AvgIpc) is 2.76. The molecule has 84 valence electrons. The Kier molecular flexibility index (Phi) is 2.54. The molecule has 0 aromatic carbocycles. The summed E-state index contributed by atoms with van der Waals surface area (Å²) < 4.78 is 1.31. The van der Waals surface area contributed by atoms with Gasteiger partial charge in [0.2, 0.25) is 5.95 Å². The number of rotatable bonds is 4.